The molecule has 0 bridgehead atoms. The van der Waals surface area contributed by atoms with Crippen LogP contribution in [0.4, 0.5) is 5.69 Å². The van der Waals surface area contributed by atoms with Crippen LogP contribution in [0.15, 0.2) is 58.1 Å². The van der Waals surface area contributed by atoms with Gasteiger partial charge in [0.15, 0.2) is 0 Å². The number of hydrazone groups is 1. The largest absolute Gasteiger partial charge is 0.271 e. The molecule has 0 atom stereocenters. The molecule has 0 aliphatic rings. The molecule has 0 aliphatic carbocycles. The Hall–Kier alpha value is -1.90. The first-order chi connectivity index (χ1) is 12.2. The molecule has 0 heterocycles. The molecular formula is C17H17BrClN3O3S. The molecule has 0 spiro atoms. The van der Waals surface area contributed by atoms with E-state index in [9.17, 15) is 13.2 Å². The zero-order valence-electron chi connectivity index (χ0n) is 14.1. The Morgan fingerprint density at radius 1 is 1.15 bits per heavy atom. The smallest absolute Gasteiger partial charge is 0.260 e. The number of sulfonamides is 1. The van der Waals surface area contributed by atoms with Crippen LogP contribution >= 0.6 is 27.5 Å². The highest BCUT2D eigenvalue weighted by Crippen LogP contribution is 2.20. The lowest BCUT2D eigenvalue weighted by Crippen LogP contribution is -2.39. The highest BCUT2D eigenvalue weighted by molar-refractivity contribution is 9.10. The van der Waals surface area contributed by atoms with E-state index in [-0.39, 0.29) is 0 Å². The van der Waals surface area contributed by atoms with E-state index in [1.165, 1.54) is 12.1 Å². The van der Waals surface area contributed by atoms with Crippen molar-refractivity contribution in [3.63, 3.8) is 0 Å². The molecule has 138 valence electrons. The lowest BCUT2D eigenvalue weighted by atomic mass is 10.1. The highest BCUT2D eigenvalue weighted by atomic mass is 79.9. The van der Waals surface area contributed by atoms with Gasteiger partial charge in [-0.25, -0.2) is 13.8 Å². The fourth-order valence-corrected chi connectivity index (χ4v) is 3.32. The number of nitrogens with one attached hydrogen (secondary N) is 1. The number of halogens is 2. The van der Waals surface area contributed by atoms with Crippen LogP contribution in [0.2, 0.25) is 5.02 Å². The third-order valence-electron chi connectivity index (χ3n) is 3.41. The van der Waals surface area contributed by atoms with Gasteiger partial charge >= 0.3 is 0 Å². The number of carbonyl (C=O) groups is 1. The molecule has 0 radical (unpaired) electrons. The summed E-state index contributed by atoms with van der Waals surface area (Å²) in [6.45, 7) is 1.36. The number of anilines is 1. The molecule has 0 aliphatic heterocycles. The van der Waals surface area contributed by atoms with Crippen molar-refractivity contribution < 1.29 is 13.2 Å². The SMILES string of the molecule is CC(=NNC(=O)CN(c1ccc(Cl)cc1)S(C)(=O)=O)c1ccc(Br)cc1. The number of amides is 1. The number of carbonyl (C=O) groups excluding carboxylic acids is 1. The lowest BCUT2D eigenvalue weighted by molar-refractivity contribution is -0.119. The molecule has 0 unspecified atom stereocenters. The Morgan fingerprint density at radius 2 is 1.73 bits per heavy atom. The molecule has 2 aromatic carbocycles. The molecule has 9 heteroatoms. The van der Waals surface area contributed by atoms with Crippen LogP contribution < -0.4 is 9.73 Å². The molecule has 1 amide bonds. The molecule has 0 saturated carbocycles. The Balaban J connectivity index is 2.11. The molecule has 2 rings (SSSR count). The van der Waals surface area contributed by atoms with Gasteiger partial charge in [-0.2, -0.15) is 5.10 Å². The van der Waals surface area contributed by atoms with Crippen LogP contribution in [0, 0.1) is 0 Å². The average molecular weight is 459 g/mol. The molecule has 0 saturated heterocycles. The van der Waals surface area contributed by atoms with Crippen molar-refractivity contribution in [1.29, 1.82) is 0 Å². The molecule has 1 N–H and O–H groups in total. The van der Waals surface area contributed by atoms with E-state index in [4.69, 9.17) is 11.6 Å². The van der Waals surface area contributed by atoms with Gasteiger partial charge in [0.2, 0.25) is 10.0 Å². The number of hydrogen-bond acceptors (Lipinski definition) is 4. The highest BCUT2D eigenvalue weighted by Gasteiger charge is 2.20. The summed E-state index contributed by atoms with van der Waals surface area (Å²) in [5, 5.41) is 4.50. The predicted octanol–water partition coefficient (Wildman–Crippen LogP) is 3.41. The standard InChI is InChI=1S/C17H17BrClN3O3S/c1-12(13-3-5-14(18)6-4-13)20-21-17(23)11-22(26(2,24)25)16-9-7-15(19)8-10-16/h3-10H,11H2,1-2H3,(H,21,23). The normalized spacial score (nSPS) is 11.9. The summed E-state index contributed by atoms with van der Waals surface area (Å²) in [5.74, 6) is -0.554. The summed E-state index contributed by atoms with van der Waals surface area (Å²) in [6, 6.07) is 13.6. The quantitative estimate of drug-likeness (QED) is 0.532. The first-order valence-electron chi connectivity index (χ1n) is 7.49. The van der Waals surface area contributed by atoms with Gasteiger partial charge in [-0.3, -0.25) is 9.10 Å². The maximum atomic E-state index is 12.2. The van der Waals surface area contributed by atoms with E-state index in [2.05, 4.69) is 26.5 Å². The van der Waals surface area contributed by atoms with Gasteiger partial charge in [0.1, 0.15) is 6.54 Å². The van der Waals surface area contributed by atoms with Crippen molar-refractivity contribution in [3.8, 4) is 0 Å². The molecule has 2 aromatic rings. The summed E-state index contributed by atoms with van der Waals surface area (Å²) in [6.07, 6.45) is 1.03. The summed E-state index contributed by atoms with van der Waals surface area (Å²) in [5.41, 5.74) is 4.17. The summed E-state index contributed by atoms with van der Waals surface area (Å²) < 4.78 is 26.0. The average Bonchev–Trinajstić information content (AvgIpc) is 2.58. The lowest BCUT2D eigenvalue weighted by Gasteiger charge is -2.21. The monoisotopic (exact) mass is 457 g/mol. The fourth-order valence-electron chi connectivity index (χ4n) is 2.08. The third-order valence-corrected chi connectivity index (χ3v) is 5.33. The molecular weight excluding hydrogens is 442 g/mol. The van der Waals surface area contributed by atoms with Crippen LogP contribution in [0.1, 0.15) is 12.5 Å². The van der Waals surface area contributed by atoms with Crippen molar-refractivity contribution >= 4 is 54.9 Å². The zero-order chi connectivity index (χ0) is 19.3. The van der Waals surface area contributed by atoms with Gasteiger partial charge in [-0.05, 0) is 48.9 Å². The molecule has 26 heavy (non-hydrogen) atoms. The Labute approximate surface area is 166 Å². The van der Waals surface area contributed by atoms with Gasteiger partial charge in [0.05, 0.1) is 17.7 Å². The second kappa shape index (κ2) is 8.66. The maximum absolute atomic E-state index is 12.2. The first kappa shape index (κ1) is 20.4. The topological polar surface area (TPSA) is 78.8 Å². The molecule has 0 aromatic heterocycles. The van der Waals surface area contributed by atoms with Gasteiger partial charge in [0.25, 0.3) is 5.91 Å². The van der Waals surface area contributed by atoms with Gasteiger partial charge in [-0.15, -0.1) is 0 Å². The van der Waals surface area contributed by atoms with E-state index in [1.54, 1.807) is 19.1 Å². The van der Waals surface area contributed by atoms with Crippen LogP contribution in [0.3, 0.4) is 0 Å². The van der Waals surface area contributed by atoms with Crippen molar-refractivity contribution in [1.82, 2.24) is 5.43 Å². The van der Waals surface area contributed by atoms with E-state index >= 15 is 0 Å². The minimum absolute atomic E-state index is 0.348. The van der Waals surface area contributed by atoms with Crippen LogP contribution in [0.5, 0.6) is 0 Å². The van der Waals surface area contributed by atoms with E-state index in [0.717, 1.165) is 20.6 Å². The van der Waals surface area contributed by atoms with E-state index in [1.807, 2.05) is 24.3 Å². The predicted molar refractivity (Wildman–Crippen MR) is 108 cm³/mol. The van der Waals surface area contributed by atoms with Crippen molar-refractivity contribution in [2.24, 2.45) is 5.10 Å². The third kappa shape index (κ3) is 5.82. The number of benzene rings is 2. The van der Waals surface area contributed by atoms with Gasteiger partial charge < -0.3 is 0 Å². The first-order valence-corrected chi connectivity index (χ1v) is 10.5. The summed E-state index contributed by atoms with van der Waals surface area (Å²) in [7, 11) is -3.65. The maximum Gasteiger partial charge on any atom is 0.260 e. The Bertz CT molecular complexity index is 913. The summed E-state index contributed by atoms with van der Waals surface area (Å²) >= 11 is 9.17. The van der Waals surface area contributed by atoms with E-state index in [0.29, 0.717) is 16.4 Å². The number of rotatable bonds is 6. The Kier molecular flexibility index (Phi) is 6.80. The molecule has 0 fully saturated rings. The zero-order valence-corrected chi connectivity index (χ0v) is 17.3. The van der Waals surface area contributed by atoms with Crippen LogP contribution in [-0.2, 0) is 14.8 Å². The minimum atomic E-state index is -3.65. The van der Waals surface area contributed by atoms with E-state index < -0.39 is 22.5 Å². The minimum Gasteiger partial charge on any atom is -0.271 e. The number of hydrogen-bond donors (Lipinski definition) is 1. The van der Waals surface area contributed by atoms with Crippen LogP contribution in [0.25, 0.3) is 0 Å². The van der Waals surface area contributed by atoms with Crippen molar-refractivity contribution in [3.05, 3.63) is 63.6 Å². The van der Waals surface area contributed by atoms with Gasteiger partial charge in [-0.1, -0.05) is 39.7 Å². The van der Waals surface area contributed by atoms with Crippen LogP contribution in [-0.4, -0.2) is 32.8 Å². The summed E-state index contributed by atoms with van der Waals surface area (Å²) in [4.78, 5) is 12.2. The van der Waals surface area contributed by atoms with Crippen molar-refractivity contribution in [2.45, 2.75) is 6.92 Å². The number of nitrogens with zero attached hydrogens (tertiary/aromatic N) is 2. The second-order valence-electron chi connectivity index (χ2n) is 5.49. The fraction of sp³-hybridized carbons (Fsp3) is 0.176. The van der Waals surface area contributed by atoms with Gasteiger partial charge in [0, 0.05) is 9.50 Å². The van der Waals surface area contributed by atoms with Crippen molar-refractivity contribution in [2.75, 3.05) is 17.1 Å². The Morgan fingerprint density at radius 3 is 2.27 bits per heavy atom. The molecule has 6 nitrogen and oxygen atoms in total. The second-order valence-corrected chi connectivity index (χ2v) is 8.74.